The van der Waals surface area contributed by atoms with E-state index < -0.39 is 0 Å². The average molecular weight is 322 g/mol. The fourth-order valence-electron chi connectivity index (χ4n) is 2.95. The maximum absolute atomic E-state index is 12.4. The summed E-state index contributed by atoms with van der Waals surface area (Å²) in [6.07, 6.45) is 1.96. The van der Waals surface area contributed by atoms with E-state index in [-0.39, 0.29) is 17.7 Å². The summed E-state index contributed by atoms with van der Waals surface area (Å²) in [6.45, 7) is 2.02. The summed E-state index contributed by atoms with van der Waals surface area (Å²) in [6, 6.07) is 16.3. The van der Waals surface area contributed by atoms with Gasteiger partial charge in [0.2, 0.25) is 0 Å². The van der Waals surface area contributed by atoms with Crippen LogP contribution in [0.15, 0.2) is 54.6 Å². The molecule has 0 saturated carbocycles. The van der Waals surface area contributed by atoms with Crippen LogP contribution in [0, 0.1) is 0 Å². The lowest BCUT2D eigenvalue weighted by molar-refractivity contribution is 0.0915. The summed E-state index contributed by atoms with van der Waals surface area (Å²) in [5.41, 5.74) is 1.84. The largest absolute Gasteiger partial charge is 0.349 e. The summed E-state index contributed by atoms with van der Waals surface area (Å²) >= 11 is 0. The number of hydrogen-bond acceptors (Lipinski definition) is 3. The summed E-state index contributed by atoms with van der Waals surface area (Å²) in [5, 5.41) is 3.09. The summed E-state index contributed by atoms with van der Waals surface area (Å²) in [5.74, 6) is -0.0962. The number of rotatable bonds is 4. The molecule has 1 heterocycles. The number of hydrogen-bond donors (Lipinski definition) is 1. The van der Waals surface area contributed by atoms with Crippen LogP contribution in [0.1, 0.15) is 39.1 Å². The van der Waals surface area contributed by atoms with Crippen molar-refractivity contribution >= 4 is 11.7 Å². The van der Waals surface area contributed by atoms with Crippen LogP contribution in [0.5, 0.6) is 0 Å². The quantitative estimate of drug-likeness (QED) is 0.881. The number of likely N-dealkylation sites (tertiary alicyclic amines) is 1. The number of carbonyl (C=O) groups excluding carboxylic acids is 2. The standard InChI is InChI=1S/C20H22N2O2/c1-22-13-11-18(12-14-22)21-20(24)17-9-7-16(8-10-17)19(23)15-5-3-2-4-6-15/h2-10,18H,11-14H2,1H3,(H,21,24). The van der Waals surface area contributed by atoms with Crippen LogP contribution in [0.25, 0.3) is 0 Å². The van der Waals surface area contributed by atoms with Crippen molar-refractivity contribution in [2.75, 3.05) is 20.1 Å². The van der Waals surface area contributed by atoms with Gasteiger partial charge in [0.05, 0.1) is 0 Å². The Morgan fingerprint density at radius 1 is 0.875 bits per heavy atom. The second-order valence-electron chi connectivity index (χ2n) is 6.32. The van der Waals surface area contributed by atoms with Gasteiger partial charge in [0.1, 0.15) is 0 Å². The van der Waals surface area contributed by atoms with Gasteiger partial charge in [0.15, 0.2) is 5.78 Å². The third-order valence-electron chi connectivity index (χ3n) is 4.50. The lowest BCUT2D eigenvalue weighted by Gasteiger charge is -2.29. The molecule has 4 nitrogen and oxygen atoms in total. The van der Waals surface area contributed by atoms with Gasteiger partial charge < -0.3 is 10.2 Å². The molecule has 0 aliphatic carbocycles. The molecule has 0 atom stereocenters. The zero-order valence-corrected chi connectivity index (χ0v) is 13.9. The fourth-order valence-corrected chi connectivity index (χ4v) is 2.95. The number of benzene rings is 2. The van der Waals surface area contributed by atoms with Gasteiger partial charge in [0, 0.05) is 22.7 Å². The van der Waals surface area contributed by atoms with Crippen LogP contribution >= 0.6 is 0 Å². The molecule has 0 unspecified atom stereocenters. The Bertz CT molecular complexity index is 702. The van der Waals surface area contributed by atoms with Crippen LogP contribution < -0.4 is 5.32 Å². The molecule has 2 aromatic rings. The molecule has 1 amide bonds. The molecule has 2 aromatic carbocycles. The number of piperidine rings is 1. The van der Waals surface area contributed by atoms with Crippen molar-refractivity contribution in [2.24, 2.45) is 0 Å². The van der Waals surface area contributed by atoms with E-state index in [0.717, 1.165) is 25.9 Å². The van der Waals surface area contributed by atoms with Crippen molar-refractivity contribution in [3.63, 3.8) is 0 Å². The van der Waals surface area contributed by atoms with Crippen molar-refractivity contribution in [3.05, 3.63) is 71.3 Å². The van der Waals surface area contributed by atoms with E-state index in [9.17, 15) is 9.59 Å². The highest BCUT2D eigenvalue weighted by Crippen LogP contribution is 2.13. The summed E-state index contributed by atoms with van der Waals surface area (Å²) < 4.78 is 0. The van der Waals surface area contributed by atoms with Gasteiger partial charge in [-0.25, -0.2) is 0 Å². The Hall–Kier alpha value is -2.46. The highest BCUT2D eigenvalue weighted by atomic mass is 16.1. The highest BCUT2D eigenvalue weighted by Gasteiger charge is 2.19. The van der Waals surface area contributed by atoms with Crippen molar-refractivity contribution < 1.29 is 9.59 Å². The molecule has 3 rings (SSSR count). The van der Waals surface area contributed by atoms with Gasteiger partial charge in [-0.3, -0.25) is 9.59 Å². The van der Waals surface area contributed by atoms with Gasteiger partial charge in [-0.15, -0.1) is 0 Å². The molecule has 1 N–H and O–H groups in total. The predicted molar refractivity (Wildman–Crippen MR) is 94.3 cm³/mol. The van der Waals surface area contributed by atoms with E-state index in [1.807, 2.05) is 18.2 Å². The maximum atomic E-state index is 12.4. The van der Waals surface area contributed by atoms with E-state index in [1.54, 1.807) is 36.4 Å². The fraction of sp³-hybridized carbons (Fsp3) is 0.300. The first kappa shape index (κ1) is 16.4. The Kier molecular flexibility index (Phi) is 5.06. The minimum Gasteiger partial charge on any atom is -0.349 e. The molecule has 1 aliphatic rings. The first-order valence-corrected chi connectivity index (χ1v) is 8.33. The highest BCUT2D eigenvalue weighted by molar-refractivity contribution is 6.09. The van der Waals surface area contributed by atoms with Crippen molar-refractivity contribution in [1.29, 1.82) is 0 Å². The van der Waals surface area contributed by atoms with Crippen LogP contribution in [-0.2, 0) is 0 Å². The summed E-state index contributed by atoms with van der Waals surface area (Å²) in [7, 11) is 2.10. The molecule has 1 fully saturated rings. The average Bonchev–Trinajstić information content (AvgIpc) is 2.64. The number of ketones is 1. The van der Waals surface area contributed by atoms with E-state index in [0.29, 0.717) is 16.7 Å². The second kappa shape index (κ2) is 7.41. The Labute approximate surface area is 142 Å². The zero-order chi connectivity index (χ0) is 16.9. The minimum absolute atomic E-state index is 0.0297. The third-order valence-corrected chi connectivity index (χ3v) is 4.50. The molecule has 24 heavy (non-hydrogen) atoms. The first-order chi connectivity index (χ1) is 11.6. The SMILES string of the molecule is CN1CCC(NC(=O)c2ccc(C(=O)c3ccccc3)cc2)CC1. The molecular weight excluding hydrogens is 300 g/mol. The van der Waals surface area contributed by atoms with Gasteiger partial charge in [-0.1, -0.05) is 42.5 Å². The second-order valence-corrected chi connectivity index (χ2v) is 6.32. The maximum Gasteiger partial charge on any atom is 0.251 e. The van der Waals surface area contributed by atoms with Gasteiger partial charge in [-0.05, 0) is 45.1 Å². The van der Waals surface area contributed by atoms with E-state index in [4.69, 9.17) is 0 Å². The van der Waals surface area contributed by atoms with Gasteiger partial charge in [-0.2, -0.15) is 0 Å². The van der Waals surface area contributed by atoms with E-state index in [2.05, 4.69) is 17.3 Å². The molecule has 1 saturated heterocycles. The van der Waals surface area contributed by atoms with Crippen molar-refractivity contribution in [3.8, 4) is 0 Å². The summed E-state index contributed by atoms with van der Waals surface area (Å²) in [4.78, 5) is 27.0. The van der Waals surface area contributed by atoms with E-state index >= 15 is 0 Å². The zero-order valence-electron chi connectivity index (χ0n) is 13.9. The van der Waals surface area contributed by atoms with Crippen LogP contribution in [0.4, 0.5) is 0 Å². The van der Waals surface area contributed by atoms with Crippen LogP contribution in [0.3, 0.4) is 0 Å². The number of nitrogens with one attached hydrogen (secondary N) is 1. The van der Waals surface area contributed by atoms with Gasteiger partial charge in [0.25, 0.3) is 5.91 Å². The minimum atomic E-state index is -0.0664. The first-order valence-electron chi connectivity index (χ1n) is 8.33. The van der Waals surface area contributed by atoms with Crippen LogP contribution in [-0.4, -0.2) is 42.8 Å². The van der Waals surface area contributed by atoms with Crippen molar-refractivity contribution in [2.45, 2.75) is 18.9 Å². The Balaban J connectivity index is 1.64. The molecule has 1 aliphatic heterocycles. The Morgan fingerprint density at radius 2 is 1.42 bits per heavy atom. The van der Waals surface area contributed by atoms with Gasteiger partial charge >= 0.3 is 0 Å². The smallest absolute Gasteiger partial charge is 0.251 e. The normalized spacial score (nSPS) is 15.9. The van der Waals surface area contributed by atoms with E-state index in [1.165, 1.54) is 0 Å². The molecule has 124 valence electrons. The van der Waals surface area contributed by atoms with Crippen molar-refractivity contribution in [1.82, 2.24) is 10.2 Å². The van der Waals surface area contributed by atoms with Crippen LogP contribution in [0.2, 0.25) is 0 Å². The lowest BCUT2D eigenvalue weighted by Crippen LogP contribution is -2.43. The third kappa shape index (κ3) is 3.89. The molecule has 4 heteroatoms. The topological polar surface area (TPSA) is 49.4 Å². The molecule has 0 radical (unpaired) electrons. The molecular formula is C20H22N2O2. The monoisotopic (exact) mass is 322 g/mol. The number of carbonyl (C=O) groups is 2. The molecule has 0 spiro atoms. The molecule has 0 aromatic heterocycles. The number of nitrogens with zero attached hydrogens (tertiary/aromatic N) is 1. The number of amides is 1. The Morgan fingerprint density at radius 3 is 2.04 bits per heavy atom. The predicted octanol–water partition coefficient (Wildman–Crippen LogP) is 2.74. The molecule has 0 bridgehead atoms. The lowest BCUT2D eigenvalue weighted by atomic mass is 10.0.